The number of nitrogens with one attached hydrogen (secondary N) is 2. The second-order valence-corrected chi connectivity index (χ2v) is 9.29. The standard InChI is InChI=1S/C29H30N2O4/c1-3-19-14-16-20(17-15-19)24-25(27(33)30-21-10-6-4-7-11-21)23(32)18-29(2,35)26(24)28(34)31-22-12-8-5-9-13-22/h4-17,24-26,35H,3,18H2,1-2H3,(H,30,33)(H,31,34). The van der Waals surface area contributed by atoms with E-state index in [2.05, 4.69) is 10.6 Å². The van der Waals surface area contributed by atoms with Crippen LogP contribution in [-0.4, -0.2) is 28.3 Å². The lowest BCUT2D eigenvalue weighted by atomic mass is 9.61. The minimum Gasteiger partial charge on any atom is -0.389 e. The van der Waals surface area contributed by atoms with Crippen LogP contribution in [0.2, 0.25) is 0 Å². The van der Waals surface area contributed by atoms with Gasteiger partial charge in [-0.05, 0) is 48.7 Å². The van der Waals surface area contributed by atoms with Crippen molar-refractivity contribution in [1.29, 1.82) is 0 Å². The molecule has 3 aromatic rings. The molecule has 2 amide bonds. The topological polar surface area (TPSA) is 95.5 Å². The molecule has 35 heavy (non-hydrogen) atoms. The van der Waals surface area contributed by atoms with Gasteiger partial charge in [-0.3, -0.25) is 14.4 Å². The molecule has 0 bridgehead atoms. The summed E-state index contributed by atoms with van der Waals surface area (Å²) < 4.78 is 0. The van der Waals surface area contributed by atoms with Crippen molar-refractivity contribution < 1.29 is 19.5 Å². The van der Waals surface area contributed by atoms with Crippen LogP contribution in [0.25, 0.3) is 0 Å². The third-order valence-electron chi connectivity index (χ3n) is 6.69. The van der Waals surface area contributed by atoms with Crippen molar-refractivity contribution in [3.05, 3.63) is 96.1 Å². The van der Waals surface area contributed by atoms with Gasteiger partial charge in [0.05, 0.1) is 11.5 Å². The van der Waals surface area contributed by atoms with Gasteiger partial charge in [-0.15, -0.1) is 0 Å². The summed E-state index contributed by atoms with van der Waals surface area (Å²) in [5.74, 6) is -4.32. The van der Waals surface area contributed by atoms with Gasteiger partial charge >= 0.3 is 0 Å². The predicted octanol–water partition coefficient (Wildman–Crippen LogP) is 4.57. The average Bonchev–Trinajstić information content (AvgIpc) is 2.84. The van der Waals surface area contributed by atoms with Crippen LogP contribution in [0, 0.1) is 11.8 Å². The first-order valence-corrected chi connectivity index (χ1v) is 11.9. The number of rotatable bonds is 6. The lowest BCUT2D eigenvalue weighted by molar-refractivity contribution is -0.150. The van der Waals surface area contributed by atoms with Gasteiger partial charge < -0.3 is 15.7 Å². The molecule has 4 unspecified atom stereocenters. The molecule has 180 valence electrons. The number of hydrogen-bond donors (Lipinski definition) is 3. The molecule has 1 fully saturated rings. The quantitative estimate of drug-likeness (QED) is 0.460. The molecule has 0 spiro atoms. The maximum absolute atomic E-state index is 13.6. The van der Waals surface area contributed by atoms with Gasteiger partial charge in [-0.1, -0.05) is 67.6 Å². The number of amides is 2. The monoisotopic (exact) mass is 470 g/mol. The van der Waals surface area contributed by atoms with Crippen molar-refractivity contribution in [2.24, 2.45) is 11.8 Å². The zero-order valence-electron chi connectivity index (χ0n) is 19.9. The fourth-order valence-electron chi connectivity index (χ4n) is 4.95. The van der Waals surface area contributed by atoms with Crippen molar-refractivity contribution in [3.8, 4) is 0 Å². The third-order valence-corrected chi connectivity index (χ3v) is 6.69. The predicted molar refractivity (Wildman–Crippen MR) is 136 cm³/mol. The second-order valence-electron chi connectivity index (χ2n) is 9.29. The molecule has 6 heteroatoms. The molecule has 0 saturated heterocycles. The van der Waals surface area contributed by atoms with Crippen molar-refractivity contribution in [1.82, 2.24) is 0 Å². The van der Waals surface area contributed by atoms with E-state index in [1.54, 1.807) is 48.5 Å². The molecule has 4 atom stereocenters. The molecule has 1 aliphatic carbocycles. The molecule has 6 nitrogen and oxygen atoms in total. The summed E-state index contributed by atoms with van der Waals surface area (Å²) in [7, 11) is 0. The lowest BCUT2D eigenvalue weighted by Gasteiger charge is -2.44. The van der Waals surface area contributed by atoms with E-state index >= 15 is 0 Å². The Bertz CT molecular complexity index is 1190. The minimum atomic E-state index is -1.63. The Labute approximate surface area is 205 Å². The number of carbonyl (C=O) groups excluding carboxylic acids is 3. The van der Waals surface area contributed by atoms with Crippen LogP contribution in [0.3, 0.4) is 0 Å². The largest absolute Gasteiger partial charge is 0.389 e. The van der Waals surface area contributed by atoms with Crippen molar-refractivity contribution >= 4 is 29.0 Å². The van der Waals surface area contributed by atoms with Gasteiger partial charge in [0.2, 0.25) is 11.8 Å². The average molecular weight is 471 g/mol. The second kappa shape index (κ2) is 10.2. The maximum Gasteiger partial charge on any atom is 0.235 e. The summed E-state index contributed by atoms with van der Waals surface area (Å²) in [6.45, 7) is 3.54. The highest BCUT2D eigenvalue weighted by Crippen LogP contribution is 2.46. The van der Waals surface area contributed by atoms with Crippen LogP contribution in [0.15, 0.2) is 84.9 Å². The summed E-state index contributed by atoms with van der Waals surface area (Å²) in [6, 6.07) is 25.4. The molecule has 3 aromatic carbocycles. The van der Waals surface area contributed by atoms with Crippen LogP contribution < -0.4 is 10.6 Å². The highest BCUT2D eigenvalue weighted by atomic mass is 16.3. The Morgan fingerprint density at radius 3 is 1.89 bits per heavy atom. The molecular weight excluding hydrogens is 440 g/mol. The molecule has 3 N–H and O–H groups in total. The first-order valence-electron chi connectivity index (χ1n) is 11.9. The van der Waals surface area contributed by atoms with E-state index in [9.17, 15) is 19.5 Å². The highest BCUT2D eigenvalue weighted by Gasteiger charge is 2.55. The first-order chi connectivity index (χ1) is 16.8. The molecule has 1 saturated carbocycles. The van der Waals surface area contributed by atoms with Gasteiger partial charge in [-0.2, -0.15) is 0 Å². The Morgan fingerprint density at radius 2 is 1.37 bits per heavy atom. The van der Waals surface area contributed by atoms with E-state index in [1.807, 2.05) is 43.3 Å². The number of ketones is 1. The number of Topliss-reactive ketones (excluding diaryl/α,β-unsaturated/α-hetero) is 1. The van der Waals surface area contributed by atoms with Gasteiger partial charge in [0.1, 0.15) is 11.7 Å². The van der Waals surface area contributed by atoms with Gasteiger partial charge in [0.25, 0.3) is 0 Å². The molecule has 0 radical (unpaired) electrons. The summed E-state index contributed by atoms with van der Waals surface area (Å²) in [5, 5.41) is 17.1. The minimum absolute atomic E-state index is 0.295. The number of anilines is 2. The summed E-state index contributed by atoms with van der Waals surface area (Å²) in [6.07, 6.45) is 0.535. The SMILES string of the molecule is CCc1ccc(C2C(C(=O)Nc3ccccc3)C(=O)CC(C)(O)C2C(=O)Nc2ccccc2)cc1. The summed E-state index contributed by atoms with van der Waals surface area (Å²) >= 11 is 0. The van der Waals surface area contributed by atoms with Crippen molar-refractivity contribution in [2.45, 2.75) is 38.2 Å². The molecule has 1 aliphatic rings. The highest BCUT2D eigenvalue weighted by molar-refractivity contribution is 6.10. The number of aryl methyl sites for hydroxylation is 1. The third kappa shape index (κ3) is 5.33. The van der Waals surface area contributed by atoms with E-state index in [0.29, 0.717) is 16.9 Å². The van der Waals surface area contributed by atoms with E-state index in [0.717, 1.165) is 12.0 Å². The van der Waals surface area contributed by atoms with Gasteiger partial charge in [0, 0.05) is 23.7 Å². The molecule has 0 aromatic heterocycles. The lowest BCUT2D eigenvalue weighted by Crippen LogP contribution is -2.56. The van der Waals surface area contributed by atoms with Crippen LogP contribution in [0.4, 0.5) is 11.4 Å². The molecule has 4 rings (SSSR count). The number of hydrogen-bond acceptors (Lipinski definition) is 4. The number of benzene rings is 3. The van der Waals surface area contributed by atoms with Gasteiger partial charge in [0.15, 0.2) is 0 Å². The summed E-state index contributed by atoms with van der Waals surface area (Å²) in [5.41, 5.74) is 1.27. The van der Waals surface area contributed by atoms with E-state index in [1.165, 1.54) is 6.92 Å². The molecule has 0 heterocycles. The first kappa shape index (κ1) is 24.4. The van der Waals surface area contributed by atoms with Crippen LogP contribution in [0.1, 0.15) is 37.3 Å². The molecular formula is C29H30N2O4. The van der Waals surface area contributed by atoms with E-state index in [4.69, 9.17) is 0 Å². The Hall–Kier alpha value is -3.77. The Kier molecular flexibility index (Phi) is 7.12. The number of carbonyl (C=O) groups is 3. The number of aliphatic hydroxyl groups is 1. The van der Waals surface area contributed by atoms with Crippen LogP contribution in [0.5, 0.6) is 0 Å². The maximum atomic E-state index is 13.6. The zero-order chi connectivity index (χ0) is 25.0. The van der Waals surface area contributed by atoms with E-state index < -0.39 is 41.0 Å². The van der Waals surface area contributed by atoms with Crippen LogP contribution >= 0.6 is 0 Å². The fourth-order valence-corrected chi connectivity index (χ4v) is 4.95. The van der Waals surface area contributed by atoms with Crippen LogP contribution in [-0.2, 0) is 20.8 Å². The molecule has 0 aliphatic heterocycles. The Balaban J connectivity index is 1.76. The fraction of sp³-hybridized carbons (Fsp3) is 0.276. The zero-order valence-corrected chi connectivity index (χ0v) is 19.9. The van der Waals surface area contributed by atoms with Gasteiger partial charge in [-0.25, -0.2) is 0 Å². The summed E-state index contributed by atoms with van der Waals surface area (Å²) in [4.78, 5) is 40.4. The van der Waals surface area contributed by atoms with E-state index in [-0.39, 0.29) is 6.42 Å². The normalized spacial score (nSPS) is 24.0. The Morgan fingerprint density at radius 1 is 0.857 bits per heavy atom. The van der Waals surface area contributed by atoms with Crippen molar-refractivity contribution in [2.75, 3.05) is 10.6 Å². The van der Waals surface area contributed by atoms with Crippen molar-refractivity contribution in [3.63, 3.8) is 0 Å². The number of para-hydroxylation sites is 2. The smallest absolute Gasteiger partial charge is 0.235 e.